The third-order valence-electron chi connectivity index (χ3n) is 6.65. The Morgan fingerprint density at radius 1 is 0.975 bits per heavy atom. The highest BCUT2D eigenvalue weighted by molar-refractivity contribution is 6.00. The van der Waals surface area contributed by atoms with Gasteiger partial charge in [-0.25, -0.2) is 10.2 Å². The van der Waals surface area contributed by atoms with Crippen LogP contribution >= 0.6 is 0 Å². The minimum Gasteiger partial charge on any atom is -0.449 e. The molecule has 0 radical (unpaired) electrons. The lowest BCUT2D eigenvalue weighted by molar-refractivity contribution is -0.123. The van der Waals surface area contributed by atoms with Crippen LogP contribution in [0.4, 0.5) is 4.79 Å². The summed E-state index contributed by atoms with van der Waals surface area (Å²) >= 11 is 0. The van der Waals surface area contributed by atoms with Crippen LogP contribution in [0.1, 0.15) is 30.5 Å². The zero-order valence-electron chi connectivity index (χ0n) is 22.6. The highest BCUT2D eigenvalue weighted by Crippen LogP contribution is 2.22. The molecule has 3 N–H and O–H groups in total. The summed E-state index contributed by atoms with van der Waals surface area (Å²) in [7, 11) is 0. The number of carbonyl (C=O) groups is 2. The Balaban J connectivity index is 1.33. The lowest BCUT2D eigenvalue weighted by Gasteiger charge is -2.17. The molecule has 0 fully saturated rings. The monoisotopic (exact) mass is 535 g/mol. The fourth-order valence-corrected chi connectivity index (χ4v) is 4.69. The van der Waals surface area contributed by atoms with Crippen LogP contribution in [0.3, 0.4) is 0 Å². The van der Waals surface area contributed by atoms with E-state index < -0.39 is 18.0 Å². The quantitative estimate of drug-likeness (QED) is 0.160. The number of aromatic amines is 1. The molecular weight excluding hydrogens is 502 g/mol. The second kappa shape index (κ2) is 12.3. The third kappa shape index (κ3) is 6.40. The van der Waals surface area contributed by atoms with Gasteiger partial charge < -0.3 is 19.6 Å². The van der Waals surface area contributed by atoms with E-state index in [1.54, 1.807) is 6.21 Å². The summed E-state index contributed by atoms with van der Waals surface area (Å²) in [6.07, 6.45) is 5.16. The molecule has 1 atom stereocenters. The molecule has 0 aliphatic carbocycles. The van der Waals surface area contributed by atoms with Crippen molar-refractivity contribution < 1.29 is 14.3 Å². The first-order chi connectivity index (χ1) is 19.5. The standard InChI is InChI=1S/C32H33N5O3/c1-22(2)21-40-32(39)35-29(16-24-17-33-28-14-8-6-12-26(24)28)31(38)36-34-18-25-20-37(19-23-10-4-3-5-11-23)30-15-9-7-13-27(25)30/h3-15,17-18,20,22,29,33H,16,19,21H2,1-2H3,(H,35,39)(H,36,38)/b34-18-/t29-/m0/s1. The zero-order valence-corrected chi connectivity index (χ0v) is 22.6. The number of benzene rings is 3. The van der Waals surface area contributed by atoms with Gasteiger partial charge in [0, 0.05) is 52.7 Å². The average Bonchev–Trinajstić information content (AvgIpc) is 3.53. The number of nitrogens with zero attached hydrogens (tertiary/aromatic N) is 2. The van der Waals surface area contributed by atoms with E-state index in [-0.39, 0.29) is 18.9 Å². The minimum atomic E-state index is -0.879. The van der Waals surface area contributed by atoms with Gasteiger partial charge in [-0.15, -0.1) is 0 Å². The van der Waals surface area contributed by atoms with Gasteiger partial charge in [-0.1, -0.05) is 80.6 Å². The average molecular weight is 536 g/mol. The smallest absolute Gasteiger partial charge is 0.407 e. The van der Waals surface area contributed by atoms with Crippen molar-refractivity contribution in [3.05, 3.63) is 108 Å². The molecule has 0 unspecified atom stereocenters. The van der Waals surface area contributed by atoms with Gasteiger partial charge in [-0.2, -0.15) is 5.10 Å². The van der Waals surface area contributed by atoms with E-state index in [4.69, 9.17) is 4.74 Å². The molecule has 0 saturated heterocycles. The summed E-state index contributed by atoms with van der Waals surface area (Å²) in [4.78, 5) is 29.0. The number of fused-ring (bicyclic) bond motifs is 2. The third-order valence-corrected chi connectivity index (χ3v) is 6.65. The first kappa shape index (κ1) is 26.7. The van der Waals surface area contributed by atoms with E-state index in [9.17, 15) is 9.59 Å². The Morgan fingerprint density at radius 2 is 1.70 bits per heavy atom. The van der Waals surface area contributed by atoms with Crippen molar-refractivity contribution in [2.24, 2.45) is 11.0 Å². The number of hydrogen-bond acceptors (Lipinski definition) is 4. The number of amides is 2. The number of alkyl carbamates (subject to hydrolysis) is 1. The molecule has 5 rings (SSSR count). The molecule has 8 heteroatoms. The lowest BCUT2D eigenvalue weighted by Crippen LogP contribution is -2.47. The summed E-state index contributed by atoms with van der Waals surface area (Å²) in [5.74, 6) is -0.253. The molecule has 0 saturated carbocycles. The normalized spacial score (nSPS) is 12.3. The molecule has 2 amide bonds. The number of hydrogen-bond donors (Lipinski definition) is 3. The Bertz CT molecular complexity index is 1630. The number of nitrogens with one attached hydrogen (secondary N) is 3. The molecule has 2 heterocycles. The molecule has 40 heavy (non-hydrogen) atoms. The van der Waals surface area contributed by atoms with Crippen LogP contribution in [0.15, 0.2) is 96.4 Å². The van der Waals surface area contributed by atoms with Gasteiger partial charge in [-0.3, -0.25) is 4.79 Å². The number of hydrazone groups is 1. The maximum atomic E-state index is 13.3. The summed E-state index contributed by atoms with van der Waals surface area (Å²) in [6.45, 7) is 4.89. The molecule has 0 bridgehead atoms. The van der Waals surface area contributed by atoms with Crippen molar-refractivity contribution in [3.8, 4) is 0 Å². The van der Waals surface area contributed by atoms with Crippen LogP contribution < -0.4 is 10.7 Å². The Kier molecular flexibility index (Phi) is 8.25. The summed E-state index contributed by atoms with van der Waals surface area (Å²) < 4.78 is 7.45. The predicted molar refractivity (Wildman–Crippen MR) is 158 cm³/mol. The van der Waals surface area contributed by atoms with Gasteiger partial charge in [0.15, 0.2) is 0 Å². The van der Waals surface area contributed by atoms with E-state index in [2.05, 4.69) is 43.6 Å². The molecule has 5 aromatic rings. The highest BCUT2D eigenvalue weighted by atomic mass is 16.5. The van der Waals surface area contributed by atoms with Crippen molar-refractivity contribution in [2.45, 2.75) is 32.9 Å². The van der Waals surface area contributed by atoms with Crippen LogP contribution in [-0.4, -0.2) is 40.4 Å². The van der Waals surface area contributed by atoms with Crippen molar-refractivity contribution in [1.29, 1.82) is 0 Å². The van der Waals surface area contributed by atoms with Gasteiger partial charge in [0.1, 0.15) is 6.04 Å². The molecule has 0 spiro atoms. The largest absolute Gasteiger partial charge is 0.449 e. The van der Waals surface area contributed by atoms with Crippen LogP contribution in [-0.2, 0) is 22.5 Å². The summed E-state index contributed by atoms with van der Waals surface area (Å²) in [6, 6.07) is 25.3. The van der Waals surface area contributed by atoms with Crippen LogP contribution in [0, 0.1) is 5.92 Å². The minimum absolute atomic E-state index is 0.181. The first-order valence-electron chi connectivity index (χ1n) is 13.4. The predicted octanol–water partition coefficient (Wildman–Crippen LogP) is 5.61. The molecule has 0 aliphatic heterocycles. The molecule has 3 aromatic carbocycles. The van der Waals surface area contributed by atoms with Gasteiger partial charge in [0.25, 0.3) is 5.91 Å². The van der Waals surface area contributed by atoms with Gasteiger partial charge in [-0.05, 0) is 29.2 Å². The van der Waals surface area contributed by atoms with E-state index in [0.29, 0.717) is 0 Å². The maximum Gasteiger partial charge on any atom is 0.407 e. The van der Waals surface area contributed by atoms with E-state index in [1.165, 1.54) is 5.56 Å². The topological polar surface area (TPSA) is 101 Å². The number of para-hydroxylation sites is 2. The van der Waals surface area contributed by atoms with E-state index >= 15 is 0 Å². The van der Waals surface area contributed by atoms with E-state index in [1.807, 2.05) is 86.9 Å². The van der Waals surface area contributed by atoms with Crippen molar-refractivity contribution in [1.82, 2.24) is 20.3 Å². The highest BCUT2D eigenvalue weighted by Gasteiger charge is 2.23. The van der Waals surface area contributed by atoms with E-state index in [0.717, 1.165) is 39.5 Å². The first-order valence-corrected chi connectivity index (χ1v) is 13.4. The fraction of sp³-hybridized carbons (Fsp3) is 0.219. The number of H-pyrrole nitrogens is 1. The zero-order chi connectivity index (χ0) is 27.9. The molecule has 8 nitrogen and oxygen atoms in total. The van der Waals surface area contributed by atoms with Crippen molar-refractivity contribution >= 4 is 40.0 Å². The second-order valence-electron chi connectivity index (χ2n) is 10.2. The number of aromatic nitrogens is 2. The molecule has 204 valence electrons. The maximum absolute atomic E-state index is 13.3. The number of ether oxygens (including phenoxy) is 1. The SMILES string of the molecule is CC(C)COC(=O)N[C@@H](Cc1c[nH]c2ccccc12)C(=O)N/N=C\c1cn(Cc2ccccc2)c2ccccc12. The Labute approximate surface area is 233 Å². The number of carbonyl (C=O) groups excluding carboxylic acids is 2. The Morgan fingerprint density at radius 3 is 2.50 bits per heavy atom. The van der Waals surface area contributed by atoms with Crippen LogP contribution in [0.25, 0.3) is 21.8 Å². The van der Waals surface area contributed by atoms with Gasteiger partial charge in [0.05, 0.1) is 12.8 Å². The summed E-state index contributed by atoms with van der Waals surface area (Å²) in [5, 5.41) is 9.01. The lowest BCUT2D eigenvalue weighted by atomic mass is 10.0. The molecule has 0 aliphatic rings. The van der Waals surface area contributed by atoms with Gasteiger partial charge in [0.2, 0.25) is 0 Å². The second-order valence-corrected chi connectivity index (χ2v) is 10.2. The molecular formula is C32H33N5O3. The van der Waals surface area contributed by atoms with Crippen molar-refractivity contribution in [2.75, 3.05) is 6.61 Å². The molecule has 2 aromatic heterocycles. The summed E-state index contributed by atoms with van der Waals surface area (Å²) in [5.41, 5.74) is 7.64. The van der Waals surface area contributed by atoms with Gasteiger partial charge >= 0.3 is 6.09 Å². The Hall–Kier alpha value is -4.85. The van der Waals surface area contributed by atoms with Crippen molar-refractivity contribution in [3.63, 3.8) is 0 Å². The fourth-order valence-electron chi connectivity index (χ4n) is 4.69. The van der Waals surface area contributed by atoms with Crippen LogP contribution in [0.2, 0.25) is 0 Å². The number of rotatable bonds is 10. The van der Waals surface area contributed by atoms with Crippen LogP contribution in [0.5, 0.6) is 0 Å².